The smallest absolute Gasteiger partial charge is 0.241 e. The molecule has 0 aliphatic rings. The summed E-state index contributed by atoms with van der Waals surface area (Å²) in [7, 11) is -3.69. The molecule has 7 heteroatoms. The molecule has 0 heterocycles. The van der Waals surface area contributed by atoms with Gasteiger partial charge in [-0.1, -0.05) is 12.1 Å². The molecule has 1 aromatic carbocycles. The standard InChI is InChI=1S/C13H19ClN2O3S/c1-13(2,9-12(15)17)16-20(18,19)11-5-3-10(4-6-11)7-8-14/h3-6,16H,7-9H2,1-2H3,(H2,15,17). The first-order valence-corrected chi connectivity index (χ1v) is 8.15. The number of primary amides is 1. The van der Waals surface area contributed by atoms with Crippen LogP contribution in [0, 0.1) is 0 Å². The van der Waals surface area contributed by atoms with Gasteiger partial charge in [-0.25, -0.2) is 13.1 Å². The van der Waals surface area contributed by atoms with E-state index >= 15 is 0 Å². The molecular formula is C13H19ClN2O3S. The van der Waals surface area contributed by atoms with Crippen LogP contribution in [-0.4, -0.2) is 25.7 Å². The predicted molar refractivity (Wildman–Crippen MR) is 79.1 cm³/mol. The van der Waals surface area contributed by atoms with Crippen molar-refractivity contribution in [2.75, 3.05) is 5.88 Å². The molecule has 0 aliphatic carbocycles. The molecule has 0 aromatic heterocycles. The molecule has 0 atom stereocenters. The molecule has 0 saturated carbocycles. The van der Waals surface area contributed by atoms with Gasteiger partial charge in [0.1, 0.15) is 0 Å². The van der Waals surface area contributed by atoms with Crippen LogP contribution in [0.15, 0.2) is 29.2 Å². The molecule has 1 amide bonds. The number of nitrogens with one attached hydrogen (secondary N) is 1. The number of sulfonamides is 1. The molecule has 0 bridgehead atoms. The van der Waals surface area contributed by atoms with Gasteiger partial charge >= 0.3 is 0 Å². The number of nitrogens with two attached hydrogens (primary N) is 1. The van der Waals surface area contributed by atoms with Crippen molar-refractivity contribution < 1.29 is 13.2 Å². The maximum Gasteiger partial charge on any atom is 0.241 e. The van der Waals surface area contributed by atoms with Crippen LogP contribution in [0.3, 0.4) is 0 Å². The Bertz CT molecular complexity index is 568. The largest absolute Gasteiger partial charge is 0.370 e. The fourth-order valence-electron chi connectivity index (χ4n) is 1.84. The van der Waals surface area contributed by atoms with Crippen LogP contribution < -0.4 is 10.5 Å². The molecule has 0 spiro atoms. The summed E-state index contributed by atoms with van der Waals surface area (Å²) in [5, 5.41) is 0. The minimum Gasteiger partial charge on any atom is -0.370 e. The van der Waals surface area contributed by atoms with Crippen LogP contribution in [0.4, 0.5) is 0 Å². The summed E-state index contributed by atoms with van der Waals surface area (Å²) in [4.78, 5) is 11.1. The van der Waals surface area contributed by atoms with Crippen molar-refractivity contribution in [1.29, 1.82) is 0 Å². The molecular weight excluding hydrogens is 300 g/mol. The number of hydrogen-bond donors (Lipinski definition) is 2. The van der Waals surface area contributed by atoms with E-state index in [0.29, 0.717) is 12.3 Å². The molecule has 0 unspecified atom stereocenters. The van der Waals surface area contributed by atoms with Crippen LogP contribution >= 0.6 is 11.6 Å². The molecule has 1 rings (SSSR count). The van der Waals surface area contributed by atoms with Crippen molar-refractivity contribution in [2.45, 2.75) is 37.1 Å². The number of hydrogen-bond acceptors (Lipinski definition) is 3. The minimum absolute atomic E-state index is 0.0729. The quantitative estimate of drug-likeness (QED) is 0.745. The summed E-state index contributed by atoms with van der Waals surface area (Å²) in [6.07, 6.45) is 0.610. The van der Waals surface area contributed by atoms with E-state index in [1.54, 1.807) is 26.0 Å². The second-order valence-corrected chi connectivity index (χ2v) is 7.28. The predicted octanol–water partition coefficient (Wildman–Crippen LogP) is 1.40. The Morgan fingerprint density at radius 1 is 1.30 bits per heavy atom. The monoisotopic (exact) mass is 318 g/mol. The second kappa shape index (κ2) is 6.56. The van der Waals surface area contributed by atoms with Gasteiger partial charge in [-0.15, -0.1) is 11.6 Å². The summed E-state index contributed by atoms with van der Waals surface area (Å²) >= 11 is 5.63. The zero-order valence-corrected chi connectivity index (χ0v) is 13.1. The number of alkyl halides is 1. The third-order valence-electron chi connectivity index (χ3n) is 2.64. The van der Waals surface area contributed by atoms with Gasteiger partial charge in [0.25, 0.3) is 0 Å². The van der Waals surface area contributed by atoms with Gasteiger partial charge < -0.3 is 5.73 Å². The molecule has 0 fully saturated rings. The molecule has 0 aliphatic heterocycles. The molecule has 112 valence electrons. The van der Waals surface area contributed by atoms with E-state index in [2.05, 4.69) is 4.72 Å². The summed E-state index contributed by atoms with van der Waals surface area (Å²) in [5.74, 6) is -0.0779. The Morgan fingerprint density at radius 2 is 1.85 bits per heavy atom. The van der Waals surface area contributed by atoms with Gasteiger partial charge in [-0.05, 0) is 38.0 Å². The first kappa shape index (κ1) is 16.9. The summed E-state index contributed by atoms with van der Waals surface area (Å²) in [6.45, 7) is 3.22. The number of carbonyl (C=O) groups excluding carboxylic acids is 1. The van der Waals surface area contributed by atoms with Crippen molar-refractivity contribution in [3.05, 3.63) is 29.8 Å². The molecule has 5 nitrogen and oxygen atoms in total. The van der Waals surface area contributed by atoms with E-state index in [1.165, 1.54) is 12.1 Å². The van der Waals surface area contributed by atoms with Crippen molar-refractivity contribution in [2.24, 2.45) is 5.73 Å². The normalized spacial score (nSPS) is 12.3. The Morgan fingerprint density at radius 3 is 2.30 bits per heavy atom. The summed E-state index contributed by atoms with van der Waals surface area (Å²) < 4.78 is 26.9. The van der Waals surface area contributed by atoms with E-state index in [-0.39, 0.29) is 11.3 Å². The zero-order chi connectivity index (χ0) is 15.4. The lowest BCUT2D eigenvalue weighted by Gasteiger charge is -2.24. The van der Waals surface area contributed by atoms with Crippen molar-refractivity contribution in [1.82, 2.24) is 4.72 Å². The van der Waals surface area contributed by atoms with Crippen LogP contribution in [0.5, 0.6) is 0 Å². The Hall–Kier alpha value is -1.11. The van der Waals surface area contributed by atoms with Crippen molar-refractivity contribution in [3.8, 4) is 0 Å². The van der Waals surface area contributed by atoms with Gasteiger partial charge in [0.2, 0.25) is 15.9 Å². The zero-order valence-electron chi connectivity index (χ0n) is 11.5. The van der Waals surface area contributed by atoms with Crippen molar-refractivity contribution >= 4 is 27.5 Å². The molecule has 1 aromatic rings. The number of halogens is 1. The summed E-state index contributed by atoms with van der Waals surface area (Å²) in [5.41, 5.74) is 5.14. The summed E-state index contributed by atoms with van der Waals surface area (Å²) in [6, 6.07) is 6.48. The average molecular weight is 319 g/mol. The maximum atomic E-state index is 12.2. The SMILES string of the molecule is CC(C)(CC(N)=O)NS(=O)(=O)c1ccc(CCCl)cc1. The van der Waals surface area contributed by atoms with E-state index in [0.717, 1.165) is 5.56 Å². The highest BCUT2D eigenvalue weighted by atomic mass is 35.5. The average Bonchev–Trinajstić information content (AvgIpc) is 2.26. The first-order valence-electron chi connectivity index (χ1n) is 6.13. The number of carbonyl (C=O) groups is 1. The Labute approximate surface area is 124 Å². The molecule has 20 heavy (non-hydrogen) atoms. The topological polar surface area (TPSA) is 89.3 Å². The van der Waals surface area contributed by atoms with Crippen LogP contribution in [0.25, 0.3) is 0 Å². The van der Waals surface area contributed by atoms with Crippen LogP contribution in [0.1, 0.15) is 25.8 Å². The fraction of sp³-hybridized carbons (Fsp3) is 0.462. The third kappa shape index (κ3) is 5.11. The van der Waals surface area contributed by atoms with Crippen LogP contribution in [0.2, 0.25) is 0 Å². The highest BCUT2D eigenvalue weighted by molar-refractivity contribution is 7.89. The lowest BCUT2D eigenvalue weighted by Crippen LogP contribution is -2.45. The van der Waals surface area contributed by atoms with E-state index in [9.17, 15) is 13.2 Å². The van der Waals surface area contributed by atoms with Crippen LogP contribution in [-0.2, 0) is 21.2 Å². The lowest BCUT2D eigenvalue weighted by atomic mass is 10.0. The Kier molecular flexibility index (Phi) is 5.56. The molecule has 3 N–H and O–H groups in total. The lowest BCUT2D eigenvalue weighted by molar-refractivity contribution is -0.119. The number of benzene rings is 1. The third-order valence-corrected chi connectivity index (χ3v) is 4.55. The van der Waals surface area contributed by atoms with E-state index in [1.807, 2.05) is 0 Å². The second-order valence-electron chi connectivity index (χ2n) is 5.22. The van der Waals surface area contributed by atoms with Gasteiger partial charge in [0.15, 0.2) is 0 Å². The highest BCUT2D eigenvalue weighted by Gasteiger charge is 2.27. The number of rotatable bonds is 7. The first-order chi connectivity index (χ1) is 9.16. The fourth-order valence-corrected chi connectivity index (χ4v) is 3.47. The number of aryl methyl sites for hydroxylation is 1. The van der Waals surface area contributed by atoms with Gasteiger partial charge in [0, 0.05) is 17.8 Å². The van der Waals surface area contributed by atoms with Gasteiger partial charge in [-0.2, -0.15) is 0 Å². The molecule has 0 saturated heterocycles. The number of amides is 1. The Balaban J connectivity index is 2.90. The highest BCUT2D eigenvalue weighted by Crippen LogP contribution is 2.16. The minimum atomic E-state index is -3.69. The van der Waals surface area contributed by atoms with Gasteiger partial charge in [0.05, 0.1) is 4.90 Å². The molecule has 0 radical (unpaired) electrons. The van der Waals surface area contributed by atoms with Gasteiger partial charge in [-0.3, -0.25) is 4.79 Å². The van der Waals surface area contributed by atoms with E-state index < -0.39 is 21.5 Å². The van der Waals surface area contributed by atoms with E-state index in [4.69, 9.17) is 17.3 Å². The van der Waals surface area contributed by atoms with Crippen molar-refractivity contribution in [3.63, 3.8) is 0 Å². The maximum absolute atomic E-state index is 12.2.